The number of hydrazone groups is 1. The van der Waals surface area contributed by atoms with Gasteiger partial charge in [-0.1, -0.05) is 31.9 Å². The number of nitrogens with zero attached hydrogens (tertiary/aromatic N) is 3. The average molecular weight is 481 g/mol. The number of nitro benzene ring substituents is 2. The van der Waals surface area contributed by atoms with Gasteiger partial charge in [-0.25, -0.2) is 5.43 Å². The summed E-state index contributed by atoms with van der Waals surface area (Å²) in [5, 5.41) is 28.6. The normalized spacial score (nSPS) is 11.5. The lowest BCUT2D eigenvalue weighted by Crippen LogP contribution is -2.46. The van der Waals surface area contributed by atoms with Crippen LogP contribution in [0.4, 0.5) is 11.4 Å². The summed E-state index contributed by atoms with van der Waals surface area (Å²) < 4.78 is 5.41. The number of carbonyl (C=O) groups is 2. The van der Waals surface area contributed by atoms with Crippen molar-refractivity contribution in [1.82, 2.24) is 10.7 Å². The van der Waals surface area contributed by atoms with E-state index in [1.165, 1.54) is 6.21 Å². The zero-order valence-corrected chi connectivity index (χ0v) is 19.0. The van der Waals surface area contributed by atoms with Gasteiger partial charge in [-0.3, -0.25) is 29.8 Å². The summed E-state index contributed by atoms with van der Waals surface area (Å²) in [5.41, 5.74) is 1.33. The lowest BCUT2D eigenvalue weighted by molar-refractivity contribution is -0.394. The van der Waals surface area contributed by atoms with Crippen LogP contribution in [0.1, 0.15) is 36.2 Å². The zero-order chi connectivity index (χ0) is 26.0. The van der Waals surface area contributed by atoms with Gasteiger partial charge in [-0.2, -0.15) is 5.10 Å². The Morgan fingerprint density at radius 3 is 2.34 bits per heavy atom. The minimum absolute atomic E-state index is 0.0210. The molecule has 0 saturated carbocycles. The second-order valence-corrected chi connectivity index (χ2v) is 7.67. The lowest BCUT2D eigenvalue weighted by atomic mass is 10.0. The van der Waals surface area contributed by atoms with Gasteiger partial charge >= 0.3 is 0 Å². The summed E-state index contributed by atoms with van der Waals surface area (Å²) in [6, 6.07) is 8.35. The van der Waals surface area contributed by atoms with Crippen LogP contribution in [0.3, 0.4) is 0 Å². The predicted octanol–water partition coefficient (Wildman–Crippen LogP) is 2.81. The Hall–Kier alpha value is -4.79. The number of para-hydroxylation sites is 1. The monoisotopic (exact) mass is 481 g/mol. The molecule has 0 heterocycles. The molecule has 0 aliphatic rings. The highest BCUT2D eigenvalue weighted by Gasteiger charge is 2.25. The van der Waals surface area contributed by atoms with E-state index < -0.39 is 39.1 Å². The molecule has 12 nitrogen and oxygen atoms in total. The van der Waals surface area contributed by atoms with Crippen molar-refractivity contribution in [3.8, 4) is 18.1 Å². The molecule has 2 aromatic rings. The number of carbonyl (C=O) groups excluding carboxylic acids is 2. The van der Waals surface area contributed by atoms with E-state index in [9.17, 15) is 29.8 Å². The van der Waals surface area contributed by atoms with Crippen LogP contribution in [-0.4, -0.2) is 40.5 Å². The van der Waals surface area contributed by atoms with Crippen LogP contribution in [0.25, 0.3) is 0 Å². The molecule has 2 N–H and O–H groups in total. The number of nitrogens with one attached hydrogen (secondary N) is 2. The maximum Gasteiger partial charge on any atom is 0.277 e. The highest BCUT2D eigenvalue weighted by atomic mass is 16.6. The molecule has 0 spiro atoms. The highest BCUT2D eigenvalue weighted by Crippen LogP contribution is 2.23. The molecule has 35 heavy (non-hydrogen) atoms. The number of nitro groups is 2. The number of terminal acetylenes is 1. The molecule has 1 atom stereocenters. The topological polar surface area (TPSA) is 166 Å². The van der Waals surface area contributed by atoms with Crippen molar-refractivity contribution in [2.24, 2.45) is 11.0 Å². The van der Waals surface area contributed by atoms with E-state index in [0.29, 0.717) is 11.3 Å². The van der Waals surface area contributed by atoms with E-state index >= 15 is 0 Å². The maximum absolute atomic E-state index is 12.7. The number of rotatable bonds is 11. The largest absolute Gasteiger partial charge is 0.480 e. The maximum atomic E-state index is 12.7. The minimum Gasteiger partial charge on any atom is -0.480 e. The van der Waals surface area contributed by atoms with E-state index in [1.807, 2.05) is 13.8 Å². The van der Waals surface area contributed by atoms with Crippen LogP contribution < -0.4 is 15.5 Å². The Bertz CT molecular complexity index is 1150. The molecule has 0 aliphatic carbocycles. The van der Waals surface area contributed by atoms with Crippen molar-refractivity contribution in [1.29, 1.82) is 0 Å². The van der Waals surface area contributed by atoms with Crippen molar-refractivity contribution >= 4 is 29.4 Å². The molecule has 182 valence electrons. The second kappa shape index (κ2) is 12.4. The molecule has 0 aromatic heterocycles. The van der Waals surface area contributed by atoms with Gasteiger partial charge in [0.15, 0.2) is 0 Å². The third-order valence-corrected chi connectivity index (χ3v) is 4.52. The van der Waals surface area contributed by atoms with Crippen LogP contribution in [0.2, 0.25) is 0 Å². The SMILES string of the molecule is C#CCOc1ccccc1/C=N\NC(=O)[C@H](CC(C)C)NC(=O)c1cc([N+](=O)[O-])cc([N+](=O)[O-])c1. The molecule has 0 bridgehead atoms. The number of hydrogen-bond donors (Lipinski definition) is 2. The van der Waals surface area contributed by atoms with Gasteiger partial charge in [0.05, 0.1) is 27.7 Å². The summed E-state index contributed by atoms with van der Waals surface area (Å²) in [5.74, 6) is 1.26. The van der Waals surface area contributed by atoms with E-state index in [4.69, 9.17) is 11.2 Å². The first-order chi connectivity index (χ1) is 16.6. The molecule has 2 rings (SSSR count). The van der Waals surface area contributed by atoms with Crippen molar-refractivity contribution in [2.45, 2.75) is 26.3 Å². The van der Waals surface area contributed by atoms with Crippen molar-refractivity contribution in [2.75, 3.05) is 6.61 Å². The van der Waals surface area contributed by atoms with Crippen LogP contribution in [-0.2, 0) is 4.79 Å². The summed E-state index contributed by atoms with van der Waals surface area (Å²) in [6.07, 6.45) is 6.76. The van der Waals surface area contributed by atoms with Crippen molar-refractivity contribution < 1.29 is 24.2 Å². The summed E-state index contributed by atoms with van der Waals surface area (Å²) in [7, 11) is 0. The number of amides is 2. The summed E-state index contributed by atoms with van der Waals surface area (Å²) in [4.78, 5) is 46.0. The van der Waals surface area contributed by atoms with E-state index in [2.05, 4.69) is 21.8 Å². The standard InChI is InChI=1S/C23H23N5O7/c1-4-9-35-21-8-6-5-7-16(21)14-24-26-23(30)20(10-15(2)3)25-22(29)17-11-18(27(31)32)13-19(12-17)28(33)34/h1,5-8,11-15,20H,9-10H2,2-3H3,(H,25,29)(H,26,30)/b24-14-/t20-/m0/s1. The van der Waals surface area contributed by atoms with E-state index in [1.54, 1.807) is 24.3 Å². The van der Waals surface area contributed by atoms with E-state index in [-0.39, 0.29) is 24.5 Å². The van der Waals surface area contributed by atoms with Gasteiger partial charge < -0.3 is 10.1 Å². The van der Waals surface area contributed by atoms with Crippen molar-refractivity contribution in [3.05, 3.63) is 73.8 Å². The fourth-order valence-corrected chi connectivity index (χ4v) is 2.96. The number of non-ortho nitro benzene ring substituents is 2. The summed E-state index contributed by atoms with van der Waals surface area (Å²) >= 11 is 0. The first-order valence-electron chi connectivity index (χ1n) is 10.3. The van der Waals surface area contributed by atoms with Gasteiger partial charge in [0.25, 0.3) is 23.2 Å². The van der Waals surface area contributed by atoms with Gasteiger partial charge in [-0.15, -0.1) is 6.42 Å². The number of hydrogen-bond acceptors (Lipinski definition) is 8. The van der Waals surface area contributed by atoms with Crippen LogP contribution in [0.5, 0.6) is 5.75 Å². The quantitative estimate of drug-likeness (QED) is 0.215. The molecular formula is C23H23N5O7. The first kappa shape index (κ1) is 26.5. The number of ether oxygens (including phenoxy) is 1. The Labute approximate surface area is 200 Å². The lowest BCUT2D eigenvalue weighted by Gasteiger charge is -2.19. The first-order valence-corrected chi connectivity index (χ1v) is 10.3. The molecule has 12 heteroatoms. The Balaban J connectivity index is 2.19. The molecule has 0 radical (unpaired) electrons. The smallest absolute Gasteiger partial charge is 0.277 e. The van der Waals surface area contributed by atoms with Gasteiger partial charge in [0, 0.05) is 17.7 Å². The summed E-state index contributed by atoms with van der Waals surface area (Å²) in [6.45, 7) is 3.70. The molecule has 0 fully saturated rings. The van der Waals surface area contributed by atoms with Crippen LogP contribution in [0.15, 0.2) is 47.6 Å². The van der Waals surface area contributed by atoms with Crippen LogP contribution in [0, 0.1) is 38.5 Å². The molecular weight excluding hydrogens is 458 g/mol. The zero-order valence-electron chi connectivity index (χ0n) is 19.0. The third-order valence-electron chi connectivity index (χ3n) is 4.52. The van der Waals surface area contributed by atoms with Gasteiger partial charge in [-0.05, 0) is 24.5 Å². The average Bonchev–Trinajstić information content (AvgIpc) is 2.82. The molecule has 0 aliphatic heterocycles. The predicted molar refractivity (Wildman–Crippen MR) is 127 cm³/mol. The van der Waals surface area contributed by atoms with Crippen molar-refractivity contribution in [3.63, 3.8) is 0 Å². The number of benzene rings is 2. The highest BCUT2D eigenvalue weighted by molar-refractivity contribution is 5.98. The molecule has 0 saturated heterocycles. The Kier molecular flexibility index (Phi) is 9.41. The molecule has 2 aromatic carbocycles. The second-order valence-electron chi connectivity index (χ2n) is 7.67. The minimum atomic E-state index is -1.06. The molecule has 0 unspecified atom stereocenters. The van der Waals surface area contributed by atoms with Crippen LogP contribution >= 0.6 is 0 Å². The third kappa shape index (κ3) is 7.93. The van der Waals surface area contributed by atoms with E-state index in [0.717, 1.165) is 18.2 Å². The van der Waals surface area contributed by atoms with Gasteiger partial charge in [0.1, 0.15) is 18.4 Å². The molecule has 2 amide bonds. The fourth-order valence-electron chi connectivity index (χ4n) is 2.96. The Morgan fingerprint density at radius 2 is 1.77 bits per heavy atom. The fraction of sp³-hybridized carbons (Fsp3) is 0.261. The Morgan fingerprint density at radius 1 is 1.14 bits per heavy atom. The van der Waals surface area contributed by atoms with Gasteiger partial charge in [0.2, 0.25) is 0 Å².